The molecule has 0 radical (unpaired) electrons. The Kier molecular flexibility index (Phi) is 4.80. The van der Waals surface area contributed by atoms with Crippen LogP contribution in [0.5, 0.6) is 0 Å². The zero-order valence-corrected chi connectivity index (χ0v) is 9.34. The second kappa shape index (κ2) is 4.80. The minimum atomic E-state index is -1.17. The van der Waals surface area contributed by atoms with Crippen molar-refractivity contribution >= 4 is 19.2 Å². The maximum Gasteiger partial charge on any atom is 0.164 e. The van der Waals surface area contributed by atoms with Gasteiger partial charge in [-0.25, -0.2) is 0 Å². The van der Waals surface area contributed by atoms with Crippen molar-refractivity contribution in [3.05, 3.63) is 12.0 Å². The highest BCUT2D eigenvalue weighted by Crippen LogP contribution is 2.07. The van der Waals surface area contributed by atoms with Crippen LogP contribution in [0.4, 0.5) is 0 Å². The van der Waals surface area contributed by atoms with Crippen molar-refractivity contribution in [1.29, 1.82) is 0 Å². The Balaban J connectivity index is 3.42. The summed E-state index contributed by atoms with van der Waals surface area (Å²) >= 11 is 5.74. The van der Waals surface area contributed by atoms with Crippen molar-refractivity contribution in [2.75, 3.05) is 0 Å². The third-order valence-electron chi connectivity index (χ3n) is 0.697. The van der Waals surface area contributed by atoms with Crippen LogP contribution in [0.15, 0.2) is 12.0 Å². The van der Waals surface area contributed by atoms with Crippen LogP contribution in [0.1, 0.15) is 20.8 Å². The van der Waals surface area contributed by atoms with E-state index in [0.29, 0.717) is 0 Å². The zero-order valence-electron chi connectivity index (χ0n) is 7.43. The summed E-state index contributed by atoms with van der Waals surface area (Å²) in [5.74, 6) is 0. The molecule has 1 unspecified atom stereocenters. The van der Waals surface area contributed by atoms with Crippen LogP contribution in [-0.4, -0.2) is 13.7 Å². The Morgan fingerprint density at radius 3 is 2.27 bits per heavy atom. The summed E-state index contributed by atoms with van der Waals surface area (Å²) in [4.78, 5) is 9.74. The first-order valence-electron chi connectivity index (χ1n) is 3.57. The van der Waals surface area contributed by atoms with Gasteiger partial charge in [0.05, 0.1) is 0 Å². The van der Waals surface area contributed by atoms with Crippen molar-refractivity contribution in [3.63, 3.8) is 0 Å². The van der Waals surface area contributed by atoms with Gasteiger partial charge in [-0.2, -0.15) is 16.0 Å². The molecule has 0 N–H and O–H groups in total. The minimum Gasteiger partial charge on any atom is -0.346 e. The van der Waals surface area contributed by atoms with Crippen molar-refractivity contribution < 1.29 is 9.78 Å². The predicted molar refractivity (Wildman–Crippen MR) is 49.9 cm³/mol. The summed E-state index contributed by atoms with van der Waals surface area (Å²) in [6.07, 6.45) is 1.51. The van der Waals surface area contributed by atoms with Crippen molar-refractivity contribution in [2.45, 2.75) is 32.9 Å². The van der Waals surface area contributed by atoms with E-state index in [9.17, 15) is 0 Å². The Bertz CT molecular complexity index is 129. The van der Waals surface area contributed by atoms with Gasteiger partial charge in [0, 0.05) is 0 Å². The monoisotopic (exact) mass is 194 g/mol. The molecule has 0 aromatic rings. The van der Waals surface area contributed by atoms with Crippen molar-refractivity contribution in [2.24, 2.45) is 0 Å². The average molecular weight is 195 g/mol. The fourth-order valence-electron chi connectivity index (χ4n) is 0.312. The predicted octanol–water partition coefficient (Wildman–Crippen LogP) is 2.38. The topological polar surface area (TPSA) is 18.5 Å². The molecule has 0 aliphatic rings. The van der Waals surface area contributed by atoms with E-state index in [1.54, 1.807) is 0 Å². The van der Waals surface area contributed by atoms with Gasteiger partial charge in [-0.15, -0.1) is 0 Å². The summed E-state index contributed by atoms with van der Waals surface area (Å²) in [5.41, 5.74) is 1.58. The molecule has 1 atom stereocenters. The first kappa shape index (κ1) is 11.0. The van der Waals surface area contributed by atoms with E-state index in [4.69, 9.17) is 20.9 Å². The molecule has 0 rings (SSSR count). The summed E-state index contributed by atoms with van der Waals surface area (Å²) < 4.78 is 0. The van der Waals surface area contributed by atoms with Crippen LogP contribution >= 0.6 is 11.1 Å². The summed E-state index contributed by atoms with van der Waals surface area (Å²) in [7, 11) is -1.17. The van der Waals surface area contributed by atoms with E-state index in [-0.39, 0.29) is 5.60 Å². The van der Waals surface area contributed by atoms with Crippen LogP contribution in [-0.2, 0) is 9.78 Å². The molecule has 0 heterocycles. The van der Waals surface area contributed by atoms with E-state index in [0.717, 1.165) is 0 Å². The summed E-state index contributed by atoms with van der Waals surface area (Å²) in [6, 6.07) is 0. The smallest absolute Gasteiger partial charge is 0.164 e. The summed E-state index contributed by atoms with van der Waals surface area (Å²) in [5, 5.41) is 0. The molecule has 4 heteroatoms. The first-order valence-corrected chi connectivity index (χ1v) is 7.14. The molecule has 0 saturated heterocycles. The van der Waals surface area contributed by atoms with Gasteiger partial charge < -0.3 is 4.89 Å². The summed E-state index contributed by atoms with van der Waals surface area (Å²) in [6.45, 7) is 7.74. The molecule has 0 bridgehead atoms. The Hall–Kier alpha value is 0.00688. The molecular formula is C7H15ClO2Si. The van der Waals surface area contributed by atoms with Gasteiger partial charge in [-0.05, 0) is 26.5 Å². The quantitative estimate of drug-likeness (QED) is 0.226. The molecule has 0 aliphatic heterocycles. The molecule has 0 aromatic heterocycles. The van der Waals surface area contributed by atoms with Gasteiger partial charge >= 0.3 is 0 Å². The SMILES string of the molecule is C[SiH](Cl)C=COOC(C)(C)C. The molecular weight excluding hydrogens is 180 g/mol. The highest BCUT2D eigenvalue weighted by atomic mass is 35.6. The molecule has 0 amide bonds. The molecule has 0 aliphatic carbocycles. The fourth-order valence-corrected chi connectivity index (χ4v) is 0.771. The van der Waals surface area contributed by atoms with Crippen LogP contribution in [0.3, 0.4) is 0 Å². The maximum absolute atomic E-state index is 5.74. The normalized spacial score (nSPS) is 15.4. The molecule has 66 valence electrons. The number of rotatable bonds is 3. The zero-order chi connectivity index (χ0) is 8.91. The van der Waals surface area contributed by atoms with Crippen LogP contribution in [0, 0.1) is 0 Å². The second-order valence-corrected chi connectivity index (χ2v) is 7.10. The lowest BCUT2D eigenvalue weighted by Crippen LogP contribution is -2.17. The van der Waals surface area contributed by atoms with E-state index >= 15 is 0 Å². The third kappa shape index (κ3) is 10.0. The largest absolute Gasteiger partial charge is 0.346 e. The first-order chi connectivity index (χ1) is 4.92. The number of halogens is 1. The van der Waals surface area contributed by atoms with Gasteiger partial charge in [0.1, 0.15) is 11.9 Å². The van der Waals surface area contributed by atoms with Gasteiger partial charge in [0.2, 0.25) is 0 Å². The lowest BCUT2D eigenvalue weighted by atomic mass is 10.2. The Morgan fingerprint density at radius 2 is 1.91 bits per heavy atom. The molecule has 2 nitrogen and oxygen atoms in total. The van der Waals surface area contributed by atoms with Crippen molar-refractivity contribution in [1.82, 2.24) is 0 Å². The minimum absolute atomic E-state index is 0.262. The van der Waals surface area contributed by atoms with Crippen LogP contribution in [0.25, 0.3) is 0 Å². The van der Waals surface area contributed by atoms with Gasteiger partial charge in [0.15, 0.2) is 8.11 Å². The van der Waals surface area contributed by atoms with Crippen molar-refractivity contribution in [3.8, 4) is 0 Å². The van der Waals surface area contributed by atoms with E-state index in [1.807, 2.05) is 33.0 Å². The second-order valence-electron chi connectivity index (χ2n) is 3.30. The fraction of sp³-hybridized carbons (Fsp3) is 0.714. The molecule has 0 spiro atoms. The highest BCUT2D eigenvalue weighted by Gasteiger charge is 2.10. The van der Waals surface area contributed by atoms with Gasteiger partial charge in [-0.3, -0.25) is 0 Å². The van der Waals surface area contributed by atoms with Crippen LogP contribution in [0.2, 0.25) is 6.55 Å². The lowest BCUT2D eigenvalue weighted by Gasteiger charge is -2.15. The molecule has 11 heavy (non-hydrogen) atoms. The molecule has 0 aromatic carbocycles. The highest BCUT2D eigenvalue weighted by molar-refractivity contribution is 7.09. The van der Waals surface area contributed by atoms with Gasteiger partial charge in [-0.1, -0.05) is 6.55 Å². The average Bonchev–Trinajstić information content (AvgIpc) is 1.78. The Labute approximate surface area is 74.4 Å². The molecule has 0 fully saturated rings. The lowest BCUT2D eigenvalue weighted by molar-refractivity contribution is -0.310. The third-order valence-corrected chi connectivity index (χ3v) is 1.82. The number of hydrogen-bond acceptors (Lipinski definition) is 2. The van der Waals surface area contributed by atoms with Gasteiger partial charge in [0.25, 0.3) is 0 Å². The standard InChI is InChI=1S/C7H15ClO2Si/c1-7(2,3)10-9-5-6-11(4)8/h5-6,11H,1-4H3. The van der Waals surface area contributed by atoms with E-state index < -0.39 is 8.11 Å². The van der Waals surface area contributed by atoms with E-state index in [2.05, 4.69) is 0 Å². The maximum atomic E-state index is 5.74. The number of hydrogen-bond donors (Lipinski definition) is 0. The Morgan fingerprint density at radius 1 is 1.36 bits per heavy atom. The van der Waals surface area contributed by atoms with E-state index in [1.165, 1.54) is 6.26 Å². The molecule has 0 saturated carbocycles. The van der Waals surface area contributed by atoms with Crippen LogP contribution < -0.4 is 0 Å².